The Balaban J connectivity index is 1.96. The fourth-order valence-corrected chi connectivity index (χ4v) is 4.42. The molecule has 0 aliphatic carbocycles. The molecule has 0 radical (unpaired) electrons. The number of rotatable bonds is 3. The molecule has 128 valence electrons. The van der Waals surface area contributed by atoms with E-state index in [1.165, 1.54) is 16.1 Å². The van der Waals surface area contributed by atoms with Crippen LogP contribution >= 0.6 is 0 Å². The first-order valence-electron chi connectivity index (χ1n) is 7.74. The molecule has 1 aromatic carbocycles. The van der Waals surface area contributed by atoms with Crippen molar-refractivity contribution in [3.8, 4) is 11.5 Å². The highest BCUT2D eigenvalue weighted by Crippen LogP contribution is 2.45. The van der Waals surface area contributed by atoms with Gasteiger partial charge in [-0.1, -0.05) is 0 Å². The molecule has 0 amide bonds. The first-order chi connectivity index (χ1) is 10.9. The first-order valence-corrected chi connectivity index (χ1v) is 9.59. The van der Waals surface area contributed by atoms with Crippen LogP contribution in [0.1, 0.15) is 24.0 Å². The Morgan fingerprint density at radius 2 is 1.74 bits per heavy atom. The van der Waals surface area contributed by atoms with Crippen LogP contribution in [0.2, 0.25) is 0 Å². The maximum Gasteiger partial charge on any atom is 0.211 e. The molecule has 7 heteroatoms. The summed E-state index contributed by atoms with van der Waals surface area (Å²) < 4.78 is 42.0. The van der Waals surface area contributed by atoms with Crippen LogP contribution in [-0.4, -0.2) is 52.9 Å². The monoisotopic (exact) mass is 341 g/mol. The molecule has 0 bridgehead atoms. The van der Waals surface area contributed by atoms with Gasteiger partial charge in [0.15, 0.2) is 11.5 Å². The Morgan fingerprint density at radius 1 is 1.13 bits per heavy atom. The van der Waals surface area contributed by atoms with E-state index >= 15 is 0 Å². The second-order valence-corrected chi connectivity index (χ2v) is 8.10. The van der Waals surface area contributed by atoms with Crippen LogP contribution < -0.4 is 9.47 Å². The van der Waals surface area contributed by atoms with Crippen molar-refractivity contribution in [1.82, 2.24) is 4.31 Å². The van der Waals surface area contributed by atoms with Crippen molar-refractivity contribution in [3.05, 3.63) is 23.3 Å². The van der Waals surface area contributed by atoms with Crippen molar-refractivity contribution >= 4 is 10.0 Å². The van der Waals surface area contributed by atoms with Gasteiger partial charge in [-0.15, -0.1) is 0 Å². The van der Waals surface area contributed by atoms with E-state index in [4.69, 9.17) is 14.2 Å². The lowest BCUT2D eigenvalue weighted by Gasteiger charge is -2.44. The molecule has 2 aliphatic heterocycles. The van der Waals surface area contributed by atoms with Gasteiger partial charge in [0, 0.05) is 13.1 Å². The number of fused-ring (bicyclic) bond motifs is 2. The summed E-state index contributed by atoms with van der Waals surface area (Å²) in [5, 5.41) is 0. The summed E-state index contributed by atoms with van der Waals surface area (Å²) in [5.74, 6) is 1.40. The van der Waals surface area contributed by atoms with Crippen LogP contribution in [0.25, 0.3) is 0 Å². The van der Waals surface area contributed by atoms with Gasteiger partial charge in [-0.05, 0) is 42.5 Å². The molecule has 1 aromatic rings. The summed E-state index contributed by atoms with van der Waals surface area (Å²) >= 11 is 0. The van der Waals surface area contributed by atoms with E-state index in [9.17, 15) is 8.42 Å². The fraction of sp³-hybridized carbons (Fsp3) is 0.625. The number of piperidine rings is 1. The number of hydrogen-bond acceptors (Lipinski definition) is 5. The molecule has 6 nitrogen and oxygen atoms in total. The lowest BCUT2D eigenvalue weighted by Crippen LogP contribution is -2.48. The summed E-state index contributed by atoms with van der Waals surface area (Å²) in [5.41, 5.74) is 1.88. The van der Waals surface area contributed by atoms with Crippen LogP contribution in [0, 0.1) is 0 Å². The SMILES string of the molecule is COc1cc2c(cc1OC)C1(CCN(S(C)(=O)=O)CC1)OCC2. The second-order valence-electron chi connectivity index (χ2n) is 6.12. The summed E-state index contributed by atoms with van der Waals surface area (Å²) in [6, 6.07) is 4.00. The second kappa shape index (κ2) is 5.96. The number of sulfonamides is 1. The van der Waals surface area contributed by atoms with Crippen molar-refractivity contribution < 1.29 is 22.6 Å². The first kappa shape index (κ1) is 16.5. The highest BCUT2D eigenvalue weighted by molar-refractivity contribution is 7.88. The van der Waals surface area contributed by atoms with Gasteiger partial charge in [0.1, 0.15) is 0 Å². The number of ether oxygens (including phenoxy) is 3. The average Bonchev–Trinajstić information content (AvgIpc) is 2.53. The van der Waals surface area contributed by atoms with Crippen LogP contribution in [0.4, 0.5) is 0 Å². The fourth-order valence-electron chi connectivity index (χ4n) is 3.58. The number of benzene rings is 1. The molecule has 23 heavy (non-hydrogen) atoms. The smallest absolute Gasteiger partial charge is 0.211 e. The van der Waals surface area contributed by atoms with Crippen molar-refractivity contribution in [3.63, 3.8) is 0 Å². The molecular formula is C16H23NO5S. The van der Waals surface area contributed by atoms with Crippen molar-refractivity contribution in [2.45, 2.75) is 24.9 Å². The quantitative estimate of drug-likeness (QED) is 0.834. The minimum Gasteiger partial charge on any atom is -0.493 e. The Labute approximate surface area is 137 Å². The van der Waals surface area contributed by atoms with Crippen molar-refractivity contribution in [1.29, 1.82) is 0 Å². The van der Waals surface area contributed by atoms with Gasteiger partial charge < -0.3 is 14.2 Å². The zero-order valence-electron chi connectivity index (χ0n) is 13.8. The average molecular weight is 341 g/mol. The van der Waals surface area contributed by atoms with E-state index < -0.39 is 15.6 Å². The Morgan fingerprint density at radius 3 is 2.30 bits per heavy atom. The van der Waals surface area contributed by atoms with Crippen LogP contribution in [0.15, 0.2) is 12.1 Å². The van der Waals surface area contributed by atoms with Gasteiger partial charge in [-0.3, -0.25) is 0 Å². The van der Waals surface area contributed by atoms with Crippen LogP contribution in [0.5, 0.6) is 11.5 Å². The molecule has 1 fully saturated rings. The zero-order valence-corrected chi connectivity index (χ0v) is 14.6. The molecule has 3 rings (SSSR count). The minimum absolute atomic E-state index is 0.422. The molecule has 0 saturated carbocycles. The highest BCUT2D eigenvalue weighted by atomic mass is 32.2. The third kappa shape index (κ3) is 2.93. The van der Waals surface area contributed by atoms with E-state index in [1.54, 1.807) is 14.2 Å². The van der Waals surface area contributed by atoms with Crippen molar-refractivity contribution in [2.75, 3.05) is 40.2 Å². The Hall–Kier alpha value is -1.31. The predicted molar refractivity (Wildman–Crippen MR) is 86.5 cm³/mol. The normalized spacial score (nSPS) is 21.0. The van der Waals surface area contributed by atoms with Crippen LogP contribution in [0.3, 0.4) is 0 Å². The molecule has 2 aliphatic rings. The molecule has 0 unspecified atom stereocenters. The largest absolute Gasteiger partial charge is 0.493 e. The van der Waals surface area contributed by atoms with E-state index in [0.29, 0.717) is 38.3 Å². The topological polar surface area (TPSA) is 65.1 Å². The van der Waals surface area contributed by atoms with Gasteiger partial charge in [0.25, 0.3) is 0 Å². The molecule has 1 saturated heterocycles. The number of methoxy groups -OCH3 is 2. The maximum absolute atomic E-state index is 11.7. The third-order valence-corrected chi connectivity index (χ3v) is 6.15. The number of hydrogen-bond donors (Lipinski definition) is 0. The third-order valence-electron chi connectivity index (χ3n) is 4.85. The zero-order chi connectivity index (χ0) is 16.7. The lowest BCUT2D eigenvalue weighted by atomic mass is 9.79. The van der Waals surface area contributed by atoms with E-state index in [0.717, 1.165) is 17.7 Å². The Bertz CT molecular complexity index is 693. The van der Waals surface area contributed by atoms with Gasteiger partial charge in [0.05, 0.1) is 32.7 Å². The van der Waals surface area contributed by atoms with Gasteiger partial charge in [0.2, 0.25) is 10.0 Å². The van der Waals surface area contributed by atoms with Gasteiger partial charge >= 0.3 is 0 Å². The summed E-state index contributed by atoms with van der Waals surface area (Å²) in [7, 11) is 0.0978. The molecule has 1 spiro atoms. The van der Waals surface area contributed by atoms with Crippen LogP contribution in [-0.2, 0) is 26.8 Å². The van der Waals surface area contributed by atoms with E-state index in [-0.39, 0.29) is 0 Å². The predicted octanol–water partition coefficient (Wildman–Crippen LogP) is 1.53. The summed E-state index contributed by atoms with van der Waals surface area (Å²) in [6.45, 7) is 1.60. The molecule has 2 heterocycles. The van der Waals surface area contributed by atoms with Crippen molar-refractivity contribution in [2.24, 2.45) is 0 Å². The molecule has 0 aromatic heterocycles. The summed E-state index contributed by atoms with van der Waals surface area (Å²) in [6.07, 6.45) is 3.40. The molecular weight excluding hydrogens is 318 g/mol. The molecule has 0 atom stereocenters. The van der Waals surface area contributed by atoms with E-state index in [1.807, 2.05) is 12.1 Å². The lowest BCUT2D eigenvalue weighted by molar-refractivity contribution is -0.0892. The number of nitrogens with zero attached hydrogens (tertiary/aromatic N) is 1. The van der Waals surface area contributed by atoms with Gasteiger partial charge in [-0.2, -0.15) is 0 Å². The minimum atomic E-state index is -3.15. The standard InChI is InChI=1S/C16H23NO5S/c1-20-14-10-12-4-9-22-16(13(12)11-15(14)21-2)5-7-17(8-6-16)23(3,18)19/h10-11H,4-9H2,1-3H3. The highest BCUT2D eigenvalue weighted by Gasteiger charge is 2.43. The van der Waals surface area contributed by atoms with E-state index in [2.05, 4.69) is 0 Å². The van der Waals surface area contributed by atoms with Gasteiger partial charge in [-0.25, -0.2) is 12.7 Å². The maximum atomic E-state index is 11.7. The Kier molecular flexibility index (Phi) is 4.29. The summed E-state index contributed by atoms with van der Waals surface area (Å²) in [4.78, 5) is 0. The molecule has 0 N–H and O–H groups in total.